The summed E-state index contributed by atoms with van der Waals surface area (Å²) in [5.41, 5.74) is 0. The Bertz CT molecular complexity index is 118. The number of carboxylic acids is 1. The molecular weight excluding hydrogens is 167 g/mol. The van der Waals surface area contributed by atoms with E-state index in [1.807, 2.05) is 0 Å². The van der Waals surface area contributed by atoms with Gasteiger partial charge >= 0.3 is 35.5 Å². The van der Waals surface area contributed by atoms with Crippen molar-refractivity contribution in [3.63, 3.8) is 0 Å². The summed E-state index contributed by atoms with van der Waals surface area (Å²) in [5, 5.41) is 7.86. The normalized spacial score (nSPS) is 7.75. The van der Waals surface area contributed by atoms with E-state index in [2.05, 4.69) is 20.8 Å². The van der Waals surface area contributed by atoms with E-state index >= 15 is 0 Å². The minimum atomic E-state index is -1.06. The van der Waals surface area contributed by atoms with Crippen molar-refractivity contribution in [3.8, 4) is 0 Å². The molecule has 0 aliphatic carbocycles. The molecule has 66 valence electrons. The predicted molar refractivity (Wildman–Crippen MR) is 43.2 cm³/mol. The Morgan fingerprint density at radius 2 is 1.50 bits per heavy atom. The van der Waals surface area contributed by atoms with Crippen LogP contribution in [0.5, 0.6) is 0 Å². The Balaban J connectivity index is -0.000000142. The van der Waals surface area contributed by atoms with Crippen LogP contribution in [0.15, 0.2) is 0 Å². The molecule has 0 heterocycles. The van der Waals surface area contributed by atoms with Gasteiger partial charge in [0.1, 0.15) is 12.2 Å². The molecule has 4 heteroatoms. The van der Waals surface area contributed by atoms with Crippen LogP contribution in [0.25, 0.3) is 0 Å². The van der Waals surface area contributed by atoms with Gasteiger partial charge in [-0.25, -0.2) is 0 Å². The molecular formula is C8H15NaO3. The van der Waals surface area contributed by atoms with Crippen LogP contribution in [0, 0.1) is 5.92 Å². The molecule has 0 bridgehead atoms. The first-order valence-corrected chi connectivity index (χ1v) is 3.34. The van der Waals surface area contributed by atoms with Gasteiger partial charge < -0.3 is 11.0 Å². The molecule has 0 aliphatic rings. The van der Waals surface area contributed by atoms with Crippen molar-refractivity contribution in [2.24, 2.45) is 0 Å². The van der Waals surface area contributed by atoms with Crippen molar-refractivity contribution in [2.45, 2.75) is 34.1 Å². The van der Waals surface area contributed by atoms with Crippen molar-refractivity contribution in [3.05, 3.63) is 5.92 Å². The predicted octanol–water partition coefficient (Wildman–Crippen LogP) is -1.33. The molecule has 0 spiro atoms. The first-order valence-electron chi connectivity index (χ1n) is 3.34. The topological polar surface area (TPSA) is 54.4 Å². The second-order valence-electron chi connectivity index (χ2n) is 2.77. The van der Waals surface area contributed by atoms with Gasteiger partial charge in [-0.05, 0) is 6.92 Å². The van der Waals surface area contributed by atoms with E-state index in [0.29, 0.717) is 0 Å². The van der Waals surface area contributed by atoms with E-state index in [1.54, 1.807) is 0 Å². The quantitative estimate of drug-likeness (QED) is 0.327. The fourth-order valence-electron chi connectivity index (χ4n) is 0.213. The van der Waals surface area contributed by atoms with Crippen LogP contribution in [-0.4, -0.2) is 16.9 Å². The number of carbonyl (C=O) groups is 2. The summed E-state index contributed by atoms with van der Waals surface area (Å²) in [4.78, 5) is 19.5. The summed E-state index contributed by atoms with van der Waals surface area (Å²) in [7, 11) is 0. The standard InChI is InChI=1S/C4H6O3.C4H9.Na/c1-3(5)2-4(6)7;1-4(2)3;/h2H2,1H3,(H,6,7);1-3H3;/q;-1;+1. The Labute approximate surface area is 95.8 Å². The average Bonchev–Trinajstić information content (AvgIpc) is 1.56. The molecule has 0 aromatic rings. The van der Waals surface area contributed by atoms with E-state index in [1.165, 1.54) is 12.8 Å². The summed E-state index contributed by atoms with van der Waals surface area (Å²) in [6.45, 7) is 7.49. The van der Waals surface area contributed by atoms with Crippen molar-refractivity contribution < 1.29 is 44.3 Å². The first kappa shape index (κ1) is 18.0. The number of hydrogen-bond donors (Lipinski definition) is 1. The maximum atomic E-state index is 9.87. The van der Waals surface area contributed by atoms with Crippen molar-refractivity contribution in [1.82, 2.24) is 0 Å². The molecule has 0 aromatic heterocycles. The van der Waals surface area contributed by atoms with E-state index in [-0.39, 0.29) is 41.8 Å². The fourth-order valence-corrected chi connectivity index (χ4v) is 0.213. The fraction of sp³-hybridized carbons (Fsp3) is 0.625. The van der Waals surface area contributed by atoms with Crippen LogP contribution in [-0.2, 0) is 9.59 Å². The molecule has 0 rings (SSSR count). The molecule has 0 saturated heterocycles. The second-order valence-corrected chi connectivity index (χ2v) is 2.77. The number of hydrogen-bond acceptors (Lipinski definition) is 2. The van der Waals surface area contributed by atoms with Gasteiger partial charge in [0.2, 0.25) is 0 Å². The molecule has 1 N–H and O–H groups in total. The summed E-state index contributed by atoms with van der Waals surface area (Å²) in [6, 6.07) is 0. The number of ketones is 1. The SMILES string of the molecule is CC(=O)CC(=O)O.C[C-](C)C.[Na+]. The van der Waals surface area contributed by atoms with Crippen LogP contribution >= 0.6 is 0 Å². The maximum Gasteiger partial charge on any atom is 1.00 e. The second kappa shape index (κ2) is 11.1. The number of aliphatic carboxylic acids is 1. The van der Waals surface area contributed by atoms with E-state index < -0.39 is 5.97 Å². The van der Waals surface area contributed by atoms with Crippen molar-refractivity contribution in [1.29, 1.82) is 0 Å². The molecule has 0 amide bonds. The zero-order chi connectivity index (χ0) is 9.44. The Morgan fingerprint density at radius 3 is 1.50 bits per heavy atom. The monoisotopic (exact) mass is 182 g/mol. The molecule has 0 unspecified atom stereocenters. The molecule has 0 aromatic carbocycles. The van der Waals surface area contributed by atoms with Gasteiger partial charge in [-0.1, -0.05) is 0 Å². The van der Waals surface area contributed by atoms with Gasteiger partial charge in [-0.15, -0.1) is 0 Å². The summed E-state index contributed by atoms with van der Waals surface area (Å²) in [6.07, 6.45) is -0.361. The van der Waals surface area contributed by atoms with Crippen LogP contribution in [0.1, 0.15) is 34.1 Å². The van der Waals surface area contributed by atoms with Crippen LogP contribution in [0.4, 0.5) is 0 Å². The number of rotatable bonds is 2. The van der Waals surface area contributed by atoms with E-state index in [0.717, 1.165) is 0 Å². The molecule has 3 nitrogen and oxygen atoms in total. The molecule has 0 aliphatic heterocycles. The molecule has 0 radical (unpaired) electrons. The van der Waals surface area contributed by atoms with Gasteiger partial charge in [-0.3, -0.25) is 9.59 Å². The minimum absolute atomic E-state index is 0. The van der Waals surface area contributed by atoms with E-state index in [9.17, 15) is 9.59 Å². The van der Waals surface area contributed by atoms with Crippen LogP contribution in [0.3, 0.4) is 0 Å². The Morgan fingerprint density at radius 1 is 1.25 bits per heavy atom. The zero-order valence-corrected chi connectivity index (χ0v) is 10.5. The number of Topliss-reactive ketones (excluding diaryl/α,β-unsaturated/α-hetero) is 1. The van der Waals surface area contributed by atoms with Gasteiger partial charge in [0, 0.05) is 0 Å². The van der Waals surface area contributed by atoms with Crippen molar-refractivity contribution in [2.75, 3.05) is 0 Å². The number of carboxylic acid groups (broad SMARTS) is 1. The third kappa shape index (κ3) is 49.4. The largest absolute Gasteiger partial charge is 1.00 e. The maximum absolute atomic E-state index is 9.87. The first-order chi connectivity index (χ1) is 4.86. The van der Waals surface area contributed by atoms with E-state index in [4.69, 9.17) is 5.11 Å². The minimum Gasteiger partial charge on any atom is -0.481 e. The summed E-state index contributed by atoms with van der Waals surface area (Å²) in [5.74, 6) is 0.0417. The molecule has 0 fully saturated rings. The summed E-state index contributed by atoms with van der Waals surface area (Å²) < 4.78 is 0. The van der Waals surface area contributed by atoms with Crippen molar-refractivity contribution >= 4 is 11.8 Å². The zero-order valence-electron chi connectivity index (χ0n) is 8.47. The Kier molecular flexibility index (Phi) is 16.7. The summed E-state index contributed by atoms with van der Waals surface area (Å²) >= 11 is 0. The van der Waals surface area contributed by atoms with Crippen LogP contribution in [0.2, 0.25) is 0 Å². The average molecular weight is 182 g/mol. The van der Waals surface area contributed by atoms with Gasteiger partial charge in [0.05, 0.1) is 0 Å². The molecule has 0 atom stereocenters. The smallest absolute Gasteiger partial charge is 0.481 e. The third-order valence-electron chi connectivity index (χ3n) is 0.400. The Hall–Kier alpha value is 0.140. The van der Waals surface area contributed by atoms with Gasteiger partial charge in [-0.2, -0.15) is 20.8 Å². The van der Waals surface area contributed by atoms with Crippen LogP contribution < -0.4 is 29.6 Å². The number of carbonyl (C=O) groups excluding carboxylic acids is 1. The van der Waals surface area contributed by atoms with Gasteiger partial charge in [0.25, 0.3) is 0 Å². The molecule has 12 heavy (non-hydrogen) atoms. The van der Waals surface area contributed by atoms with Gasteiger partial charge in [0.15, 0.2) is 0 Å². The molecule has 0 saturated carbocycles. The third-order valence-corrected chi connectivity index (χ3v) is 0.400.